The van der Waals surface area contributed by atoms with Crippen LogP contribution < -0.4 is 0 Å². The van der Waals surface area contributed by atoms with E-state index >= 15 is 0 Å². The fourth-order valence-electron chi connectivity index (χ4n) is 2.14. The molecule has 0 spiro atoms. The van der Waals surface area contributed by atoms with Crippen molar-refractivity contribution in [3.05, 3.63) is 43.0 Å². The maximum absolute atomic E-state index is 11.7. The van der Waals surface area contributed by atoms with Gasteiger partial charge in [0, 0.05) is 30.3 Å². The van der Waals surface area contributed by atoms with Crippen LogP contribution in [0.4, 0.5) is 0 Å². The zero-order chi connectivity index (χ0) is 12.8. The van der Waals surface area contributed by atoms with Crippen LogP contribution in [0.1, 0.15) is 12.8 Å². The van der Waals surface area contributed by atoms with Gasteiger partial charge in [-0.1, -0.05) is 24.3 Å². The van der Waals surface area contributed by atoms with Crippen LogP contribution in [0.5, 0.6) is 0 Å². The molecule has 1 fully saturated rings. The van der Waals surface area contributed by atoms with Crippen molar-refractivity contribution in [1.29, 1.82) is 0 Å². The molecule has 1 aliphatic heterocycles. The van der Waals surface area contributed by atoms with Crippen molar-refractivity contribution in [2.75, 3.05) is 18.8 Å². The molecule has 0 radical (unpaired) electrons. The molecule has 18 heavy (non-hydrogen) atoms. The third kappa shape index (κ3) is 3.64. The van der Waals surface area contributed by atoms with Crippen molar-refractivity contribution in [3.63, 3.8) is 0 Å². The number of likely N-dealkylation sites (tertiary alicyclic amines) is 1. The Hall–Kier alpha value is -1.22. The van der Waals surface area contributed by atoms with Crippen LogP contribution in [-0.4, -0.2) is 29.6 Å². The zero-order valence-electron chi connectivity index (χ0n) is 10.5. The summed E-state index contributed by atoms with van der Waals surface area (Å²) in [6.45, 7) is 5.50. The highest BCUT2D eigenvalue weighted by atomic mass is 32.2. The molecule has 1 amide bonds. The molecule has 3 heteroatoms. The highest BCUT2D eigenvalue weighted by molar-refractivity contribution is 7.99. The molecule has 0 aromatic heterocycles. The fourth-order valence-corrected chi connectivity index (χ4v) is 3.00. The Morgan fingerprint density at radius 2 is 2.17 bits per heavy atom. The molecular weight excluding hydrogens is 242 g/mol. The van der Waals surface area contributed by atoms with Crippen molar-refractivity contribution in [1.82, 2.24) is 4.90 Å². The van der Waals surface area contributed by atoms with E-state index in [4.69, 9.17) is 0 Å². The van der Waals surface area contributed by atoms with Gasteiger partial charge in [0.05, 0.1) is 0 Å². The van der Waals surface area contributed by atoms with Crippen LogP contribution in [-0.2, 0) is 4.79 Å². The minimum absolute atomic E-state index is 0.282. The van der Waals surface area contributed by atoms with Gasteiger partial charge in [0.2, 0.25) is 5.91 Å². The SMILES string of the molecule is C=CC1CC(=O)N(CCCSc2ccccc2)C1. The lowest BCUT2D eigenvalue weighted by Gasteiger charge is -2.15. The first-order chi connectivity index (χ1) is 8.79. The molecular formula is C15H19NOS. The van der Waals surface area contributed by atoms with E-state index in [1.54, 1.807) is 0 Å². The van der Waals surface area contributed by atoms with Crippen LogP contribution in [0.3, 0.4) is 0 Å². The molecule has 1 aromatic rings. The molecule has 1 heterocycles. The van der Waals surface area contributed by atoms with Crippen LogP contribution in [0.15, 0.2) is 47.9 Å². The van der Waals surface area contributed by atoms with E-state index in [2.05, 4.69) is 30.8 Å². The maximum atomic E-state index is 11.7. The van der Waals surface area contributed by atoms with Crippen molar-refractivity contribution >= 4 is 17.7 Å². The largest absolute Gasteiger partial charge is 0.342 e. The number of nitrogens with zero attached hydrogens (tertiary/aromatic N) is 1. The molecule has 2 rings (SSSR count). The van der Waals surface area contributed by atoms with Gasteiger partial charge in [0.1, 0.15) is 0 Å². The number of thioether (sulfide) groups is 1. The number of amides is 1. The number of hydrogen-bond acceptors (Lipinski definition) is 2. The molecule has 1 atom stereocenters. The van der Waals surface area contributed by atoms with E-state index in [-0.39, 0.29) is 5.91 Å². The smallest absolute Gasteiger partial charge is 0.223 e. The van der Waals surface area contributed by atoms with E-state index in [1.165, 1.54) is 4.90 Å². The van der Waals surface area contributed by atoms with Crippen molar-refractivity contribution < 1.29 is 4.79 Å². The second-order valence-electron chi connectivity index (χ2n) is 4.55. The predicted molar refractivity (Wildman–Crippen MR) is 76.7 cm³/mol. The molecule has 96 valence electrons. The van der Waals surface area contributed by atoms with E-state index in [0.29, 0.717) is 12.3 Å². The molecule has 1 unspecified atom stereocenters. The third-order valence-electron chi connectivity index (χ3n) is 3.16. The summed E-state index contributed by atoms with van der Waals surface area (Å²) >= 11 is 1.85. The Morgan fingerprint density at radius 1 is 1.39 bits per heavy atom. The second kappa shape index (κ2) is 6.64. The number of carbonyl (C=O) groups excluding carboxylic acids is 1. The average Bonchev–Trinajstić information content (AvgIpc) is 2.77. The minimum Gasteiger partial charge on any atom is -0.342 e. The molecule has 0 N–H and O–H groups in total. The lowest BCUT2D eigenvalue weighted by molar-refractivity contribution is -0.127. The highest BCUT2D eigenvalue weighted by Crippen LogP contribution is 2.21. The summed E-state index contributed by atoms with van der Waals surface area (Å²) < 4.78 is 0. The molecule has 1 saturated heterocycles. The maximum Gasteiger partial charge on any atom is 0.223 e. The summed E-state index contributed by atoms with van der Waals surface area (Å²) in [5.74, 6) is 1.70. The first kappa shape index (κ1) is 13.2. The quantitative estimate of drug-likeness (QED) is 0.445. The third-order valence-corrected chi connectivity index (χ3v) is 4.26. The molecule has 1 aliphatic rings. The van der Waals surface area contributed by atoms with E-state index in [9.17, 15) is 4.79 Å². The monoisotopic (exact) mass is 261 g/mol. The Balaban J connectivity index is 1.67. The van der Waals surface area contributed by atoms with Gasteiger partial charge < -0.3 is 4.90 Å². The van der Waals surface area contributed by atoms with Crippen molar-refractivity contribution in [3.8, 4) is 0 Å². The van der Waals surface area contributed by atoms with Gasteiger partial charge in [-0.3, -0.25) is 4.79 Å². The van der Waals surface area contributed by atoms with Gasteiger partial charge in [0.25, 0.3) is 0 Å². The average molecular weight is 261 g/mol. The van der Waals surface area contributed by atoms with E-state index < -0.39 is 0 Å². The summed E-state index contributed by atoms with van der Waals surface area (Å²) in [5.41, 5.74) is 0. The number of hydrogen-bond donors (Lipinski definition) is 0. The predicted octanol–water partition coefficient (Wildman–Crippen LogP) is 3.20. The highest BCUT2D eigenvalue weighted by Gasteiger charge is 2.26. The van der Waals surface area contributed by atoms with E-state index in [0.717, 1.165) is 25.3 Å². The van der Waals surface area contributed by atoms with Gasteiger partial charge in [-0.15, -0.1) is 18.3 Å². The standard InChI is InChI=1S/C15H19NOS/c1-2-13-11-15(17)16(12-13)9-6-10-18-14-7-4-3-5-8-14/h2-5,7-8,13H,1,6,9-12H2. The Labute approximate surface area is 113 Å². The molecule has 0 bridgehead atoms. The van der Waals surface area contributed by atoms with Crippen LogP contribution >= 0.6 is 11.8 Å². The summed E-state index contributed by atoms with van der Waals surface area (Å²) in [6, 6.07) is 10.4. The van der Waals surface area contributed by atoms with Gasteiger partial charge in [-0.05, 0) is 24.3 Å². The zero-order valence-corrected chi connectivity index (χ0v) is 11.4. The second-order valence-corrected chi connectivity index (χ2v) is 5.72. The number of carbonyl (C=O) groups is 1. The molecule has 1 aromatic carbocycles. The lowest BCUT2D eigenvalue weighted by Crippen LogP contribution is -2.26. The van der Waals surface area contributed by atoms with Crippen molar-refractivity contribution in [2.45, 2.75) is 17.7 Å². The molecule has 0 aliphatic carbocycles. The summed E-state index contributed by atoms with van der Waals surface area (Å²) in [6.07, 6.45) is 3.60. The normalized spacial score (nSPS) is 19.2. The lowest BCUT2D eigenvalue weighted by atomic mass is 10.1. The van der Waals surface area contributed by atoms with Crippen LogP contribution in [0.2, 0.25) is 0 Å². The Bertz CT molecular complexity index is 404. The van der Waals surface area contributed by atoms with Crippen LogP contribution in [0.25, 0.3) is 0 Å². The van der Waals surface area contributed by atoms with Gasteiger partial charge in [-0.25, -0.2) is 0 Å². The Morgan fingerprint density at radius 3 is 2.83 bits per heavy atom. The van der Waals surface area contributed by atoms with Gasteiger partial charge >= 0.3 is 0 Å². The Kier molecular flexibility index (Phi) is 4.88. The molecule has 0 saturated carbocycles. The summed E-state index contributed by atoms with van der Waals surface area (Å²) in [4.78, 5) is 14.9. The van der Waals surface area contributed by atoms with Gasteiger partial charge in [-0.2, -0.15) is 0 Å². The topological polar surface area (TPSA) is 20.3 Å². The number of benzene rings is 1. The van der Waals surface area contributed by atoms with Crippen molar-refractivity contribution in [2.24, 2.45) is 5.92 Å². The van der Waals surface area contributed by atoms with Gasteiger partial charge in [0.15, 0.2) is 0 Å². The van der Waals surface area contributed by atoms with Crippen LogP contribution in [0, 0.1) is 5.92 Å². The summed E-state index contributed by atoms with van der Waals surface area (Å²) in [5, 5.41) is 0. The number of rotatable bonds is 6. The fraction of sp³-hybridized carbons (Fsp3) is 0.400. The first-order valence-electron chi connectivity index (χ1n) is 6.38. The summed E-state index contributed by atoms with van der Waals surface area (Å²) in [7, 11) is 0. The molecule has 2 nitrogen and oxygen atoms in total. The minimum atomic E-state index is 0.282. The van der Waals surface area contributed by atoms with E-state index in [1.807, 2.05) is 28.8 Å². The first-order valence-corrected chi connectivity index (χ1v) is 7.36.